The van der Waals surface area contributed by atoms with Crippen molar-refractivity contribution in [1.29, 1.82) is 0 Å². The van der Waals surface area contributed by atoms with Crippen LogP contribution in [0.4, 0.5) is 0 Å². The molecule has 0 aromatic heterocycles. The largest absolute Gasteiger partial charge is 0.326 e. The Bertz CT molecular complexity index is 191. The molecule has 0 amide bonds. The van der Waals surface area contributed by atoms with E-state index in [-0.39, 0.29) is 5.54 Å². The second-order valence-corrected chi connectivity index (χ2v) is 5.70. The Hall–Kier alpha value is -0.0800. The minimum atomic E-state index is 0.211. The standard InChI is InChI=1S/C14H30N2/c1-5-14(6-2,16(3)4)13(15)11-12-9-7-8-10-12/h12-13H,5-11,15H2,1-4H3. The summed E-state index contributed by atoms with van der Waals surface area (Å²) in [5.74, 6) is 0.896. The predicted octanol–water partition coefficient (Wildman–Crippen LogP) is 3.01. The van der Waals surface area contributed by atoms with Crippen LogP contribution in [0, 0.1) is 5.92 Å². The molecule has 1 unspecified atom stereocenters. The molecule has 2 nitrogen and oxygen atoms in total. The lowest BCUT2D eigenvalue weighted by Crippen LogP contribution is -2.57. The van der Waals surface area contributed by atoms with Gasteiger partial charge in [-0.3, -0.25) is 0 Å². The molecule has 0 heterocycles. The Balaban J connectivity index is 2.62. The van der Waals surface area contributed by atoms with Gasteiger partial charge in [-0.15, -0.1) is 0 Å². The van der Waals surface area contributed by atoms with Crippen molar-refractivity contribution in [3.8, 4) is 0 Å². The topological polar surface area (TPSA) is 29.3 Å². The molecule has 1 rings (SSSR count). The zero-order valence-corrected chi connectivity index (χ0v) is 11.6. The summed E-state index contributed by atoms with van der Waals surface area (Å²) in [5, 5.41) is 0. The first-order chi connectivity index (χ1) is 7.56. The molecule has 96 valence electrons. The molecule has 1 fully saturated rings. The van der Waals surface area contributed by atoms with Gasteiger partial charge in [-0.1, -0.05) is 39.5 Å². The maximum atomic E-state index is 6.51. The number of likely N-dealkylation sites (N-methyl/N-ethyl adjacent to an activating group) is 1. The molecule has 1 saturated carbocycles. The summed E-state index contributed by atoms with van der Waals surface area (Å²) in [6.45, 7) is 4.55. The molecule has 0 saturated heterocycles. The van der Waals surface area contributed by atoms with E-state index >= 15 is 0 Å². The second-order valence-electron chi connectivity index (χ2n) is 5.70. The third kappa shape index (κ3) is 2.78. The van der Waals surface area contributed by atoms with E-state index in [0.717, 1.165) is 18.8 Å². The molecule has 1 aliphatic rings. The Morgan fingerprint density at radius 1 is 1.19 bits per heavy atom. The quantitative estimate of drug-likeness (QED) is 0.754. The maximum Gasteiger partial charge on any atom is 0.0349 e. The minimum Gasteiger partial charge on any atom is -0.326 e. The summed E-state index contributed by atoms with van der Waals surface area (Å²) in [6, 6.07) is 0.334. The Labute approximate surface area is 102 Å². The summed E-state index contributed by atoms with van der Waals surface area (Å²) < 4.78 is 0. The summed E-state index contributed by atoms with van der Waals surface area (Å²) >= 11 is 0. The fourth-order valence-electron chi connectivity index (χ4n) is 3.56. The number of hydrogen-bond acceptors (Lipinski definition) is 2. The van der Waals surface area contributed by atoms with E-state index < -0.39 is 0 Å². The summed E-state index contributed by atoms with van der Waals surface area (Å²) in [5.41, 5.74) is 6.72. The van der Waals surface area contributed by atoms with Gasteiger partial charge in [0.15, 0.2) is 0 Å². The lowest BCUT2D eigenvalue weighted by atomic mass is 9.79. The summed E-state index contributed by atoms with van der Waals surface area (Å²) in [6.07, 6.45) is 9.19. The Kier molecular flexibility index (Phi) is 5.26. The van der Waals surface area contributed by atoms with Crippen molar-refractivity contribution in [1.82, 2.24) is 4.90 Å². The average molecular weight is 226 g/mol. The number of hydrogen-bond donors (Lipinski definition) is 1. The van der Waals surface area contributed by atoms with Gasteiger partial charge in [-0.05, 0) is 39.3 Å². The van der Waals surface area contributed by atoms with Crippen molar-refractivity contribution in [2.75, 3.05) is 14.1 Å². The molecular formula is C14H30N2. The first kappa shape index (κ1) is 14.0. The van der Waals surface area contributed by atoms with Crippen LogP contribution in [0.15, 0.2) is 0 Å². The van der Waals surface area contributed by atoms with E-state index in [1.165, 1.54) is 32.1 Å². The highest BCUT2D eigenvalue weighted by atomic mass is 15.2. The zero-order valence-electron chi connectivity index (χ0n) is 11.6. The van der Waals surface area contributed by atoms with Gasteiger partial charge in [0.2, 0.25) is 0 Å². The smallest absolute Gasteiger partial charge is 0.0349 e. The molecule has 0 aromatic carbocycles. The number of nitrogens with two attached hydrogens (primary N) is 1. The maximum absolute atomic E-state index is 6.51. The van der Waals surface area contributed by atoms with Crippen LogP contribution in [0.1, 0.15) is 58.8 Å². The van der Waals surface area contributed by atoms with Crippen LogP contribution in [0.2, 0.25) is 0 Å². The third-order valence-electron chi connectivity index (χ3n) is 4.87. The van der Waals surface area contributed by atoms with Gasteiger partial charge < -0.3 is 10.6 Å². The molecule has 0 bridgehead atoms. The first-order valence-corrected chi connectivity index (χ1v) is 6.99. The number of rotatable bonds is 6. The van der Waals surface area contributed by atoms with Crippen LogP contribution < -0.4 is 5.73 Å². The van der Waals surface area contributed by atoms with E-state index in [9.17, 15) is 0 Å². The summed E-state index contributed by atoms with van der Waals surface area (Å²) in [7, 11) is 4.36. The van der Waals surface area contributed by atoms with E-state index in [1.807, 2.05) is 0 Å². The van der Waals surface area contributed by atoms with Crippen molar-refractivity contribution in [3.63, 3.8) is 0 Å². The molecule has 2 N–H and O–H groups in total. The SMILES string of the molecule is CCC(CC)(C(N)CC1CCCC1)N(C)C. The molecule has 1 atom stereocenters. The zero-order chi connectivity index (χ0) is 12.2. The molecule has 0 radical (unpaired) electrons. The Morgan fingerprint density at radius 3 is 2.06 bits per heavy atom. The van der Waals surface area contributed by atoms with Gasteiger partial charge in [0.1, 0.15) is 0 Å². The van der Waals surface area contributed by atoms with Crippen LogP contribution in [0.25, 0.3) is 0 Å². The van der Waals surface area contributed by atoms with Gasteiger partial charge in [0.05, 0.1) is 0 Å². The van der Waals surface area contributed by atoms with Crippen molar-refractivity contribution in [3.05, 3.63) is 0 Å². The van der Waals surface area contributed by atoms with Gasteiger partial charge in [0.25, 0.3) is 0 Å². The molecular weight excluding hydrogens is 196 g/mol. The molecule has 0 aliphatic heterocycles. The lowest BCUT2D eigenvalue weighted by Gasteiger charge is -2.44. The molecule has 0 spiro atoms. The van der Waals surface area contributed by atoms with Crippen molar-refractivity contribution in [2.24, 2.45) is 11.7 Å². The highest BCUT2D eigenvalue weighted by Gasteiger charge is 2.36. The van der Waals surface area contributed by atoms with Gasteiger partial charge >= 0.3 is 0 Å². The van der Waals surface area contributed by atoms with Crippen LogP contribution in [0.3, 0.4) is 0 Å². The minimum absolute atomic E-state index is 0.211. The summed E-state index contributed by atoms with van der Waals surface area (Å²) in [4.78, 5) is 2.35. The molecule has 1 aliphatic carbocycles. The van der Waals surface area contributed by atoms with Crippen LogP contribution in [-0.2, 0) is 0 Å². The van der Waals surface area contributed by atoms with E-state index in [2.05, 4.69) is 32.8 Å². The van der Waals surface area contributed by atoms with E-state index in [4.69, 9.17) is 5.73 Å². The molecule has 0 aromatic rings. The normalized spacial score (nSPS) is 20.6. The van der Waals surface area contributed by atoms with Crippen LogP contribution in [-0.4, -0.2) is 30.6 Å². The van der Waals surface area contributed by atoms with Crippen molar-refractivity contribution in [2.45, 2.75) is 70.4 Å². The lowest BCUT2D eigenvalue weighted by molar-refractivity contribution is 0.0941. The second kappa shape index (κ2) is 6.02. The van der Waals surface area contributed by atoms with Crippen molar-refractivity contribution >= 4 is 0 Å². The van der Waals surface area contributed by atoms with Gasteiger partial charge in [-0.2, -0.15) is 0 Å². The fraction of sp³-hybridized carbons (Fsp3) is 1.00. The molecule has 16 heavy (non-hydrogen) atoms. The Morgan fingerprint density at radius 2 is 1.69 bits per heavy atom. The monoisotopic (exact) mass is 226 g/mol. The van der Waals surface area contributed by atoms with E-state index in [0.29, 0.717) is 6.04 Å². The van der Waals surface area contributed by atoms with Crippen molar-refractivity contribution < 1.29 is 0 Å². The van der Waals surface area contributed by atoms with Gasteiger partial charge in [0, 0.05) is 11.6 Å². The van der Waals surface area contributed by atoms with Crippen LogP contribution >= 0.6 is 0 Å². The predicted molar refractivity (Wildman–Crippen MR) is 71.6 cm³/mol. The molecule has 2 heteroatoms. The average Bonchev–Trinajstić information content (AvgIpc) is 2.72. The van der Waals surface area contributed by atoms with Gasteiger partial charge in [-0.25, -0.2) is 0 Å². The highest BCUT2D eigenvalue weighted by Crippen LogP contribution is 2.34. The van der Waals surface area contributed by atoms with E-state index in [1.54, 1.807) is 0 Å². The fourth-order valence-corrected chi connectivity index (χ4v) is 3.56. The highest BCUT2D eigenvalue weighted by molar-refractivity contribution is 4.96. The number of nitrogens with zero attached hydrogens (tertiary/aromatic N) is 1. The van der Waals surface area contributed by atoms with Crippen LogP contribution in [0.5, 0.6) is 0 Å². The first-order valence-electron chi connectivity index (χ1n) is 6.99. The third-order valence-corrected chi connectivity index (χ3v) is 4.87.